The Balaban J connectivity index is 2.80. The highest BCUT2D eigenvalue weighted by Gasteiger charge is 2.01. The van der Waals surface area contributed by atoms with E-state index in [1.54, 1.807) is 12.1 Å². The Morgan fingerprint density at radius 1 is 1.54 bits per heavy atom. The summed E-state index contributed by atoms with van der Waals surface area (Å²) in [6.45, 7) is 0.491. The molecule has 0 spiro atoms. The van der Waals surface area contributed by atoms with Crippen LogP contribution in [0.4, 0.5) is 11.4 Å². The van der Waals surface area contributed by atoms with Crippen LogP contribution in [-0.2, 0) is 0 Å². The topological polar surface area (TPSA) is 64.7 Å². The van der Waals surface area contributed by atoms with E-state index in [4.69, 9.17) is 10.5 Å². The Hall–Kier alpha value is -1.23. The van der Waals surface area contributed by atoms with Crippen molar-refractivity contribution in [1.29, 1.82) is 0 Å². The van der Waals surface area contributed by atoms with Crippen molar-refractivity contribution >= 4 is 24.0 Å². The summed E-state index contributed by atoms with van der Waals surface area (Å²) in [6.07, 6.45) is 0. The summed E-state index contributed by atoms with van der Waals surface area (Å²) >= 11 is 3.99. The molecule has 4 nitrogen and oxygen atoms in total. The van der Waals surface area contributed by atoms with E-state index in [0.29, 0.717) is 23.8 Å². The van der Waals surface area contributed by atoms with E-state index >= 15 is 0 Å². The smallest absolute Gasteiger partial charge is 0.134 e. The van der Waals surface area contributed by atoms with Crippen LogP contribution >= 0.6 is 12.6 Å². The largest absolute Gasteiger partial charge is 0.493 e. The number of ether oxygens (including phenoxy) is 1. The van der Waals surface area contributed by atoms with Gasteiger partial charge in [0.15, 0.2) is 0 Å². The van der Waals surface area contributed by atoms with E-state index < -0.39 is 0 Å². The van der Waals surface area contributed by atoms with E-state index in [2.05, 4.69) is 17.8 Å². The molecular weight excluding hydrogens is 188 g/mol. The minimum atomic E-state index is 0.205. The number of nitrogens with zero attached hydrogens (tertiary/aromatic N) is 1. The summed E-state index contributed by atoms with van der Waals surface area (Å²) in [4.78, 5) is 10.3. The SMILES string of the molecule is Nc1ccc(OCCS)cc1N=O. The average Bonchev–Trinajstić information content (AvgIpc) is 2.16. The second-order valence-corrected chi connectivity index (χ2v) is 2.83. The highest BCUT2D eigenvalue weighted by atomic mass is 32.1. The van der Waals surface area contributed by atoms with E-state index in [-0.39, 0.29) is 5.69 Å². The highest BCUT2D eigenvalue weighted by molar-refractivity contribution is 7.80. The molecule has 0 saturated carbocycles. The third kappa shape index (κ3) is 2.62. The number of rotatable bonds is 4. The summed E-state index contributed by atoms with van der Waals surface area (Å²) in [5.74, 6) is 1.20. The zero-order chi connectivity index (χ0) is 9.68. The molecule has 70 valence electrons. The van der Waals surface area contributed by atoms with E-state index in [1.165, 1.54) is 6.07 Å². The molecule has 1 rings (SSSR count). The zero-order valence-corrected chi connectivity index (χ0v) is 7.83. The van der Waals surface area contributed by atoms with Crippen molar-refractivity contribution in [3.8, 4) is 5.75 Å². The molecule has 0 unspecified atom stereocenters. The van der Waals surface area contributed by atoms with Crippen molar-refractivity contribution in [2.75, 3.05) is 18.1 Å². The van der Waals surface area contributed by atoms with E-state index in [9.17, 15) is 4.91 Å². The predicted molar refractivity (Wildman–Crippen MR) is 55.7 cm³/mol. The maximum atomic E-state index is 10.3. The first-order valence-corrected chi connectivity index (χ1v) is 4.37. The molecule has 0 aliphatic rings. The summed E-state index contributed by atoms with van der Waals surface area (Å²) in [7, 11) is 0. The van der Waals surface area contributed by atoms with Crippen molar-refractivity contribution < 1.29 is 4.74 Å². The van der Waals surface area contributed by atoms with Crippen LogP contribution in [0, 0.1) is 4.91 Å². The fourth-order valence-electron chi connectivity index (χ4n) is 0.856. The molecule has 0 bridgehead atoms. The van der Waals surface area contributed by atoms with Gasteiger partial charge in [-0.15, -0.1) is 4.91 Å². The molecule has 0 aromatic heterocycles. The van der Waals surface area contributed by atoms with Gasteiger partial charge >= 0.3 is 0 Å². The summed E-state index contributed by atoms with van der Waals surface area (Å²) in [5.41, 5.74) is 6.02. The second-order valence-electron chi connectivity index (χ2n) is 2.38. The molecule has 13 heavy (non-hydrogen) atoms. The number of nitrogens with two attached hydrogens (primary N) is 1. The Morgan fingerprint density at radius 2 is 2.31 bits per heavy atom. The Kier molecular flexibility index (Phi) is 3.57. The monoisotopic (exact) mass is 198 g/mol. The van der Waals surface area contributed by atoms with Gasteiger partial charge in [-0.25, -0.2) is 0 Å². The minimum Gasteiger partial charge on any atom is -0.493 e. The summed E-state index contributed by atoms with van der Waals surface area (Å²) in [5, 5.41) is 2.76. The second kappa shape index (κ2) is 4.71. The average molecular weight is 198 g/mol. The molecule has 5 heteroatoms. The molecule has 0 saturated heterocycles. The van der Waals surface area contributed by atoms with Crippen molar-refractivity contribution in [3.63, 3.8) is 0 Å². The molecule has 0 aliphatic heterocycles. The van der Waals surface area contributed by atoms with Crippen molar-refractivity contribution in [1.82, 2.24) is 0 Å². The molecule has 0 amide bonds. The first-order chi connectivity index (χ1) is 6.27. The standard InChI is InChI=1S/C8H10N2O2S/c9-7-2-1-6(12-3-4-13)5-8(7)10-11/h1-2,5,13H,3-4,9H2. The number of hydrogen-bond donors (Lipinski definition) is 2. The first-order valence-electron chi connectivity index (χ1n) is 3.74. The van der Waals surface area contributed by atoms with Crippen LogP contribution < -0.4 is 10.5 Å². The molecule has 0 heterocycles. The van der Waals surface area contributed by atoms with Crippen LogP contribution in [0.1, 0.15) is 0 Å². The molecular formula is C8H10N2O2S. The van der Waals surface area contributed by atoms with Gasteiger partial charge < -0.3 is 10.5 Å². The lowest BCUT2D eigenvalue weighted by Gasteiger charge is -2.04. The third-order valence-electron chi connectivity index (χ3n) is 1.46. The third-order valence-corrected chi connectivity index (χ3v) is 1.64. The molecule has 0 fully saturated rings. The fraction of sp³-hybridized carbons (Fsp3) is 0.250. The highest BCUT2D eigenvalue weighted by Crippen LogP contribution is 2.26. The number of thiol groups is 1. The van der Waals surface area contributed by atoms with Crippen molar-refractivity contribution in [3.05, 3.63) is 23.1 Å². The quantitative estimate of drug-likeness (QED) is 0.441. The lowest BCUT2D eigenvalue weighted by atomic mass is 10.2. The van der Waals surface area contributed by atoms with Gasteiger partial charge in [-0.05, 0) is 17.3 Å². The molecule has 1 aromatic carbocycles. The Labute approximate surface area is 81.5 Å². The van der Waals surface area contributed by atoms with Crippen LogP contribution in [0.25, 0.3) is 0 Å². The van der Waals surface area contributed by atoms with Gasteiger partial charge in [0.25, 0.3) is 0 Å². The summed E-state index contributed by atoms with van der Waals surface area (Å²) in [6, 6.07) is 4.78. The number of nitroso groups, excluding NO2 is 1. The lowest BCUT2D eigenvalue weighted by molar-refractivity contribution is 0.344. The molecule has 1 aromatic rings. The minimum absolute atomic E-state index is 0.205. The van der Waals surface area contributed by atoms with Crippen LogP contribution in [0.5, 0.6) is 5.75 Å². The van der Waals surface area contributed by atoms with Crippen molar-refractivity contribution in [2.24, 2.45) is 5.18 Å². The van der Waals surface area contributed by atoms with Gasteiger partial charge in [0.2, 0.25) is 0 Å². The van der Waals surface area contributed by atoms with Crippen LogP contribution in [0.2, 0.25) is 0 Å². The Bertz CT molecular complexity index is 304. The van der Waals surface area contributed by atoms with E-state index in [0.717, 1.165) is 0 Å². The number of hydrogen-bond acceptors (Lipinski definition) is 5. The summed E-state index contributed by atoms with van der Waals surface area (Å²) < 4.78 is 5.22. The number of nitrogen functional groups attached to an aromatic ring is 1. The Morgan fingerprint density at radius 3 is 2.92 bits per heavy atom. The molecule has 0 radical (unpaired) electrons. The molecule has 0 atom stereocenters. The maximum Gasteiger partial charge on any atom is 0.134 e. The van der Waals surface area contributed by atoms with Gasteiger partial charge in [-0.3, -0.25) is 0 Å². The maximum absolute atomic E-state index is 10.3. The van der Waals surface area contributed by atoms with Gasteiger partial charge in [-0.2, -0.15) is 12.6 Å². The van der Waals surface area contributed by atoms with Crippen LogP contribution in [0.3, 0.4) is 0 Å². The fourth-order valence-corrected chi connectivity index (χ4v) is 0.947. The molecule has 2 N–H and O–H groups in total. The lowest BCUT2D eigenvalue weighted by Crippen LogP contribution is -1.98. The van der Waals surface area contributed by atoms with E-state index in [1.807, 2.05) is 0 Å². The van der Waals surface area contributed by atoms with Gasteiger partial charge in [0.05, 0.1) is 12.3 Å². The van der Waals surface area contributed by atoms with Gasteiger partial charge in [0, 0.05) is 11.8 Å². The van der Waals surface area contributed by atoms with Crippen LogP contribution in [0.15, 0.2) is 23.4 Å². The van der Waals surface area contributed by atoms with Gasteiger partial charge in [-0.1, -0.05) is 0 Å². The van der Waals surface area contributed by atoms with Crippen LogP contribution in [-0.4, -0.2) is 12.4 Å². The normalized spacial score (nSPS) is 9.62. The predicted octanol–water partition coefficient (Wildman–Crippen LogP) is 1.98. The number of benzene rings is 1. The van der Waals surface area contributed by atoms with Crippen molar-refractivity contribution in [2.45, 2.75) is 0 Å². The number of anilines is 1. The zero-order valence-electron chi connectivity index (χ0n) is 6.93. The first kappa shape index (κ1) is 9.85. The van der Waals surface area contributed by atoms with Gasteiger partial charge in [0.1, 0.15) is 11.4 Å². The molecule has 0 aliphatic carbocycles.